The first-order valence-corrected chi connectivity index (χ1v) is 5.22. The number of hydrogen-bond acceptors (Lipinski definition) is 3. The molecule has 6 heteroatoms. The highest BCUT2D eigenvalue weighted by Crippen LogP contribution is 2.17. The van der Waals surface area contributed by atoms with Crippen LogP contribution in [0.1, 0.15) is 30.3 Å². The Bertz CT molecular complexity index is 333. The average molecular weight is 245 g/mol. The van der Waals surface area contributed by atoms with Crippen molar-refractivity contribution in [3.8, 4) is 0 Å². The molecule has 1 aromatic heterocycles. The zero-order valence-corrected chi connectivity index (χ0v) is 10.1. The maximum atomic E-state index is 11.8. The van der Waals surface area contributed by atoms with E-state index in [1.54, 1.807) is 12.3 Å². The van der Waals surface area contributed by atoms with Gasteiger partial charge in [0.2, 0.25) is 0 Å². The average Bonchev–Trinajstić information content (AvgIpc) is 2.70. The van der Waals surface area contributed by atoms with E-state index in [0.29, 0.717) is 5.69 Å². The van der Waals surface area contributed by atoms with Gasteiger partial charge in [-0.1, -0.05) is 0 Å². The minimum absolute atomic E-state index is 0. The van der Waals surface area contributed by atoms with Crippen molar-refractivity contribution in [2.24, 2.45) is 0 Å². The van der Waals surface area contributed by atoms with Crippen LogP contribution in [-0.4, -0.2) is 34.7 Å². The van der Waals surface area contributed by atoms with Gasteiger partial charge in [0.25, 0.3) is 5.91 Å². The number of amides is 1. The molecule has 1 aromatic rings. The molecule has 3 N–H and O–H groups in total. The molecule has 16 heavy (non-hydrogen) atoms. The first kappa shape index (κ1) is 13.0. The summed E-state index contributed by atoms with van der Waals surface area (Å²) in [4.78, 5) is 11.8. The van der Waals surface area contributed by atoms with Crippen molar-refractivity contribution < 1.29 is 4.79 Å². The minimum atomic E-state index is -0.0898. The number of rotatable bonds is 2. The number of carbonyl (C=O) groups is 1. The van der Waals surface area contributed by atoms with Crippen LogP contribution in [0.15, 0.2) is 12.3 Å². The van der Waals surface area contributed by atoms with Crippen LogP contribution in [-0.2, 0) is 0 Å². The SMILES string of the molecule is CC1(NC(=O)c2ccn[nH]2)CCNCC1.Cl. The zero-order chi connectivity index (χ0) is 10.7. The zero-order valence-electron chi connectivity index (χ0n) is 9.25. The van der Waals surface area contributed by atoms with E-state index in [1.807, 2.05) is 0 Å². The number of halogens is 1. The second-order valence-electron chi connectivity index (χ2n) is 4.24. The lowest BCUT2D eigenvalue weighted by Crippen LogP contribution is -2.52. The summed E-state index contributed by atoms with van der Waals surface area (Å²) in [6.45, 7) is 4.00. The molecular weight excluding hydrogens is 228 g/mol. The van der Waals surface area contributed by atoms with E-state index in [2.05, 4.69) is 27.8 Å². The summed E-state index contributed by atoms with van der Waals surface area (Å²) in [5, 5.41) is 12.8. The summed E-state index contributed by atoms with van der Waals surface area (Å²) in [6.07, 6.45) is 3.51. The number of carbonyl (C=O) groups excluding carboxylic acids is 1. The van der Waals surface area contributed by atoms with E-state index in [4.69, 9.17) is 0 Å². The number of aromatic nitrogens is 2. The maximum absolute atomic E-state index is 11.8. The van der Waals surface area contributed by atoms with Crippen molar-refractivity contribution in [2.75, 3.05) is 13.1 Å². The number of nitrogens with one attached hydrogen (secondary N) is 3. The van der Waals surface area contributed by atoms with Gasteiger partial charge in [-0.2, -0.15) is 5.10 Å². The summed E-state index contributed by atoms with van der Waals surface area (Å²) < 4.78 is 0. The predicted molar refractivity (Wildman–Crippen MR) is 63.8 cm³/mol. The lowest BCUT2D eigenvalue weighted by Gasteiger charge is -2.34. The van der Waals surface area contributed by atoms with Crippen molar-refractivity contribution in [1.82, 2.24) is 20.8 Å². The summed E-state index contributed by atoms with van der Waals surface area (Å²) in [5.41, 5.74) is 0.433. The highest BCUT2D eigenvalue weighted by molar-refractivity contribution is 5.92. The number of piperidine rings is 1. The molecule has 0 spiro atoms. The van der Waals surface area contributed by atoms with Gasteiger partial charge in [0, 0.05) is 11.7 Å². The van der Waals surface area contributed by atoms with Gasteiger partial charge in [0.15, 0.2) is 0 Å². The van der Waals surface area contributed by atoms with Crippen LogP contribution in [0.5, 0.6) is 0 Å². The quantitative estimate of drug-likeness (QED) is 0.718. The molecule has 0 radical (unpaired) electrons. The van der Waals surface area contributed by atoms with Gasteiger partial charge in [-0.05, 0) is 38.9 Å². The third-order valence-electron chi connectivity index (χ3n) is 2.87. The Morgan fingerprint density at radius 3 is 2.75 bits per heavy atom. The summed E-state index contributed by atoms with van der Waals surface area (Å²) in [6, 6.07) is 1.68. The predicted octanol–water partition coefficient (Wildman–Crippen LogP) is 0.703. The smallest absolute Gasteiger partial charge is 0.269 e. The summed E-state index contributed by atoms with van der Waals surface area (Å²) in [5.74, 6) is -0.0723. The van der Waals surface area contributed by atoms with Gasteiger partial charge in [0.1, 0.15) is 5.69 Å². The molecule has 1 aliphatic rings. The Morgan fingerprint density at radius 1 is 1.50 bits per heavy atom. The molecule has 90 valence electrons. The molecule has 2 rings (SSSR count). The largest absolute Gasteiger partial charge is 0.345 e. The molecule has 0 aromatic carbocycles. The second-order valence-corrected chi connectivity index (χ2v) is 4.24. The number of aromatic amines is 1. The first-order valence-electron chi connectivity index (χ1n) is 5.22. The van der Waals surface area contributed by atoms with Crippen LogP contribution in [0.3, 0.4) is 0 Å². The van der Waals surface area contributed by atoms with E-state index in [0.717, 1.165) is 25.9 Å². The minimum Gasteiger partial charge on any atom is -0.345 e. The third kappa shape index (κ3) is 2.96. The van der Waals surface area contributed by atoms with Crippen molar-refractivity contribution in [1.29, 1.82) is 0 Å². The van der Waals surface area contributed by atoms with E-state index in [9.17, 15) is 4.79 Å². The third-order valence-corrected chi connectivity index (χ3v) is 2.87. The molecule has 0 saturated carbocycles. The van der Waals surface area contributed by atoms with Crippen LogP contribution in [0.2, 0.25) is 0 Å². The standard InChI is InChI=1S/C10H16N4O.ClH/c1-10(3-6-11-7-4-10)13-9(15)8-2-5-12-14-8;/h2,5,11H,3-4,6-7H2,1H3,(H,12,14)(H,13,15);1H. The molecule has 0 aliphatic carbocycles. The number of nitrogens with zero attached hydrogens (tertiary/aromatic N) is 1. The lowest BCUT2D eigenvalue weighted by molar-refractivity contribution is 0.0882. The fraction of sp³-hybridized carbons (Fsp3) is 0.600. The number of H-pyrrole nitrogens is 1. The van der Waals surface area contributed by atoms with Gasteiger partial charge >= 0.3 is 0 Å². The summed E-state index contributed by atoms with van der Waals surface area (Å²) in [7, 11) is 0. The van der Waals surface area contributed by atoms with Crippen molar-refractivity contribution in [3.05, 3.63) is 18.0 Å². The normalized spacial score (nSPS) is 18.6. The maximum Gasteiger partial charge on any atom is 0.269 e. The van der Waals surface area contributed by atoms with Crippen molar-refractivity contribution in [2.45, 2.75) is 25.3 Å². The Kier molecular flexibility index (Phi) is 4.32. The van der Waals surface area contributed by atoms with Gasteiger partial charge in [-0.15, -0.1) is 12.4 Å². The van der Waals surface area contributed by atoms with E-state index in [1.165, 1.54) is 0 Å². The van der Waals surface area contributed by atoms with E-state index < -0.39 is 0 Å². The molecule has 0 atom stereocenters. The monoisotopic (exact) mass is 244 g/mol. The lowest BCUT2D eigenvalue weighted by atomic mass is 9.90. The molecule has 2 heterocycles. The molecule has 1 aliphatic heterocycles. The molecule has 1 amide bonds. The molecule has 1 saturated heterocycles. The number of hydrogen-bond donors (Lipinski definition) is 3. The molecular formula is C10H17ClN4O. The van der Waals surface area contributed by atoms with E-state index >= 15 is 0 Å². The second kappa shape index (κ2) is 5.32. The van der Waals surface area contributed by atoms with Crippen LogP contribution in [0.25, 0.3) is 0 Å². The van der Waals surface area contributed by atoms with Crippen LogP contribution >= 0.6 is 12.4 Å². The van der Waals surface area contributed by atoms with Gasteiger partial charge in [-0.25, -0.2) is 0 Å². The van der Waals surface area contributed by atoms with Gasteiger partial charge in [-0.3, -0.25) is 9.89 Å². The highest BCUT2D eigenvalue weighted by atomic mass is 35.5. The van der Waals surface area contributed by atoms with Crippen molar-refractivity contribution >= 4 is 18.3 Å². The topological polar surface area (TPSA) is 69.8 Å². The van der Waals surface area contributed by atoms with Crippen LogP contribution in [0.4, 0.5) is 0 Å². The van der Waals surface area contributed by atoms with Crippen LogP contribution in [0, 0.1) is 0 Å². The molecule has 1 fully saturated rings. The molecule has 5 nitrogen and oxygen atoms in total. The van der Waals surface area contributed by atoms with Gasteiger partial charge < -0.3 is 10.6 Å². The Labute approximate surface area is 101 Å². The Hall–Kier alpha value is -1.07. The fourth-order valence-corrected chi connectivity index (χ4v) is 1.83. The first-order chi connectivity index (χ1) is 7.20. The molecule has 0 unspecified atom stereocenters. The highest BCUT2D eigenvalue weighted by Gasteiger charge is 2.28. The Morgan fingerprint density at radius 2 is 2.19 bits per heavy atom. The van der Waals surface area contributed by atoms with Crippen LogP contribution < -0.4 is 10.6 Å². The summed E-state index contributed by atoms with van der Waals surface area (Å²) >= 11 is 0. The van der Waals surface area contributed by atoms with Gasteiger partial charge in [0.05, 0.1) is 0 Å². The van der Waals surface area contributed by atoms with E-state index in [-0.39, 0.29) is 23.9 Å². The van der Waals surface area contributed by atoms with Crippen molar-refractivity contribution in [3.63, 3.8) is 0 Å². The Balaban J connectivity index is 0.00000128. The fourth-order valence-electron chi connectivity index (χ4n) is 1.83. The molecule has 0 bridgehead atoms.